The third-order valence-corrected chi connectivity index (χ3v) is 10.9. The molecule has 38 heavy (non-hydrogen) atoms. The van der Waals surface area contributed by atoms with Crippen LogP contribution in [0.2, 0.25) is 0 Å². The fourth-order valence-corrected chi connectivity index (χ4v) is 9.26. The predicted octanol–water partition coefficient (Wildman–Crippen LogP) is 7.83. The molecule has 0 aliphatic carbocycles. The molecule has 0 N–H and O–H groups in total. The van der Waals surface area contributed by atoms with E-state index in [-0.39, 0.29) is 0 Å². The van der Waals surface area contributed by atoms with Gasteiger partial charge in [-0.05, 0) is 33.7 Å². The van der Waals surface area contributed by atoms with Crippen LogP contribution in [0.15, 0.2) is 133 Å². The molecule has 2 heterocycles. The zero-order chi connectivity index (χ0) is 25.3. The minimum atomic E-state index is -3.18. The van der Waals surface area contributed by atoms with Crippen LogP contribution in [-0.2, 0) is 4.57 Å². The van der Waals surface area contributed by atoms with Gasteiger partial charge in [0.05, 0.1) is 11.4 Å². The van der Waals surface area contributed by atoms with Crippen molar-refractivity contribution in [2.75, 3.05) is 0 Å². The number of rotatable bonds is 3. The van der Waals surface area contributed by atoms with E-state index in [0.29, 0.717) is 0 Å². The molecule has 1 aliphatic heterocycles. The fourth-order valence-electron chi connectivity index (χ4n) is 6.15. The van der Waals surface area contributed by atoms with E-state index in [0.717, 1.165) is 60.0 Å². The third-order valence-electron chi connectivity index (χ3n) is 7.83. The van der Waals surface area contributed by atoms with Crippen LogP contribution in [0.4, 0.5) is 0 Å². The summed E-state index contributed by atoms with van der Waals surface area (Å²) in [7, 11) is -3.18. The summed E-state index contributed by atoms with van der Waals surface area (Å²) < 4.78 is 15.7. The number of pyridine rings is 1. The number of benzene rings is 6. The molecule has 7 aromatic rings. The SMILES string of the molecule is O=P1(c2cc(-c3ccccc3)nc(-c3ccccc3)c2)c2cccc3c4ccccc4c4cccc1c4c23. The summed E-state index contributed by atoms with van der Waals surface area (Å²) in [6.45, 7) is 0. The Balaban J connectivity index is 1.50. The van der Waals surface area contributed by atoms with Crippen LogP contribution < -0.4 is 15.9 Å². The highest BCUT2D eigenvalue weighted by Gasteiger charge is 2.40. The van der Waals surface area contributed by atoms with Crippen LogP contribution in [0.1, 0.15) is 0 Å². The molecule has 6 aromatic carbocycles. The van der Waals surface area contributed by atoms with Gasteiger partial charge in [-0.15, -0.1) is 0 Å². The van der Waals surface area contributed by atoms with Crippen LogP contribution in [-0.4, -0.2) is 4.98 Å². The van der Waals surface area contributed by atoms with Crippen molar-refractivity contribution in [2.24, 2.45) is 0 Å². The van der Waals surface area contributed by atoms with Gasteiger partial charge >= 0.3 is 0 Å². The summed E-state index contributed by atoms with van der Waals surface area (Å²) in [6, 6.07) is 45.6. The Kier molecular flexibility index (Phi) is 4.53. The molecule has 0 fully saturated rings. The molecule has 0 atom stereocenters. The maximum atomic E-state index is 15.7. The van der Waals surface area contributed by atoms with Gasteiger partial charge in [-0.2, -0.15) is 0 Å². The quantitative estimate of drug-likeness (QED) is 0.182. The Morgan fingerprint density at radius 3 is 1.34 bits per heavy atom. The Labute approximate surface area is 220 Å². The Bertz CT molecular complexity index is 1960. The lowest BCUT2D eigenvalue weighted by molar-refractivity contribution is 0.593. The summed E-state index contributed by atoms with van der Waals surface area (Å²) >= 11 is 0. The number of hydrogen-bond acceptors (Lipinski definition) is 2. The van der Waals surface area contributed by atoms with Gasteiger partial charge in [-0.3, -0.25) is 0 Å². The average Bonchev–Trinajstić information content (AvgIpc) is 3.27. The number of nitrogens with zero attached hydrogens (tertiary/aromatic N) is 1. The molecule has 0 radical (unpaired) electrons. The highest BCUT2D eigenvalue weighted by Crippen LogP contribution is 2.54. The zero-order valence-electron chi connectivity index (χ0n) is 20.5. The first-order chi connectivity index (χ1) is 18.7. The molecular weight excluding hydrogens is 481 g/mol. The molecule has 8 rings (SSSR count). The van der Waals surface area contributed by atoms with Crippen LogP contribution in [0.5, 0.6) is 0 Å². The van der Waals surface area contributed by atoms with Crippen molar-refractivity contribution in [2.45, 2.75) is 0 Å². The van der Waals surface area contributed by atoms with Crippen LogP contribution >= 0.6 is 7.14 Å². The fraction of sp³-hybridized carbons (Fsp3) is 0. The van der Waals surface area contributed by atoms with E-state index in [1.807, 2.05) is 48.5 Å². The first kappa shape index (κ1) is 21.6. The smallest absolute Gasteiger partial charge is 0.172 e. The first-order valence-corrected chi connectivity index (χ1v) is 14.5. The lowest BCUT2D eigenvalue weighted by atomic mass is 9.95. The van der Waals surface area contributed by atoms with Gasteiger partial charge in [0.25, 0.3) is 0 Å². The summed E-state index contributed by atoms with van der Waals surface area (Å²) in [5.41, 5.74) is 3.68. The minimum Gasteiger partial charge on any atom is -0.309 e. The van der Waals surface area contributed by atoms with Crippen molar-refractivity contribution in [3.8, 4) is 22.5 Å². The molecule has 0 unspecified atom stereocenters. The maximum Gasteiger partial charge on any atom is 0.172 e. The number of fused-ring (bicyclic) bond motifs is 3. The third kappa shape index (κ3) is 2.90. The highest BCUT2D eigenvalue weighted by atomic mass is 31.2. The van der Waals surface area contributed by atoms with Crippen LogP contribution in [0.3, 0.4) is 0 Å². The van der Waals surface area contributed by atoms with E-state index in [1.165, 1.54) is 10.8 Å². The molecular formula is C35H22NOP. The molecule has 2 nitrogen and oxygen atoms in total. The highest BCUT2D eigenvalue weighted by molar-refractivity contribution is 7.86. The molecule has 0 spiro atoms. The number of aromatic nitrogens is 1. The first-order valence-electron chi connectivity index (χ1n) is 12.8. The topological polar surface area (TPSA) is 30.0 Å². The van der Waals surface area contributed by atoms with Gasteiger partial charge < -0.3 is 4.57 Å². The lowest BCUT2D eigenvalue weighted by Crippen LogP contribution is -2.22. The predicted molar refractivity (Wildman–Crippen MR) is 161 cm³/mol. The Hall–Kier alpha value is -4.52. The van der Waals surface area contributed by atoms with E-state index < -0.39 is 7.14 Å². The van der Waals surface area contributed by atoms with E-state index in [9.17, 15) is 0 Å². The zero-order valence-corrected chi connectivity index (χ0v) is 21.4. The second kappa shape index (κ2) is 7.99. The van der Waals surface area contributed by atoms with Crippen molar-refractivity contribution in [1.82, 2.24) is 4.98 Å². The van der Waals surface area contributed by atoms with E-state index in [1.54, 1.807) is 0 Å². The summed E-state index contributed by atoms with van der Waals surface area (Å²) in [6.07, 6.45) is 0. The van der Waals surface area contributed by atoms with Crippen molar-refractivity contribution in [1.29, 1.82) is 0 Å². The molecule has 178 valence electrons. The van der Waals surface area contributed by atoms with Gasteiger partial charge in [0, 0.05) is 37.8 Å². The van der Waals surface area contributed by atoms with Crippen molar-refractivity contribution >= 4 is 55.4 Å². The monoisotopic (exact) mass is 503 g/mol. The summed E-state index contributed by atoms with van der Waals surface area (Å²) in [5.74, 6) is 0. The van der Waals surface area contributed by atoms with Crippen molar-refractivity contribution in [3.05, 3.63) is 133 Å². The molecule has 3 heteroatoms. The minimum absolute atomic E-state index is 0.825. The number of hydrogen-bond donors (Lipinski definition) is 0. The van der Waals surface area contributed by atoms with Crippen molar-refractivity contribution < 1.29 is 4.57 Å². The van der Waals surface area contributed by atoms with E-state index in [4.69, 9.17) is 4.98 Å². The van der Waals surface area contributed by atoms with Gasteiger partial charge in [0.15, 0.2) is 7.14 Å². The normalized spacial score (nSPS) is 13.6. The van der Waals surface area contributed by atoms with Gasteiger partial charge in [-0.25, -0.2) is 4.98 Å². The molecule has 0 saturated carbocycles. The Morgan fingerprint density at radius 2 is 0.868 bits per heavy atom. The van der Waals surface area contributed by atoms with Crippen LogP contribution in [0, 0.1) is 0 Å². The standard InChI is InChI=1S/C35H22NOP/c37-38(25-21-30(23-11-3-1-4-12-23)36-31(22-25)24-13-5-2-6-14-24)32-19-9-17-28-26-15-7-8-16-27(26)29-18-10-20-33(38)35(29)34(28)32/h1-22H. The van der Waals surface area contributed by atoms with Gasteiger partial charge in [0.1, 0.15) is 0 Å². The maximum absolute atomic E-state index is 15.7. The van der Waals surface area contributed by atoms with Gasteiger partial charge in [0.2, 0.25) is 0 Å². The lowest BCUT2D eigenvalue weighted by Gasteiger charge is -2.18. The summed E-state index contributed by atoms with van der Waals surface area (Å²) in [5, 5.41) is 9.66. The molecule has 0 saturated heterocycles. The Morgan fingerprint density at radius 1 is 0.447 bits per heavy atom. The summed E-state index contributed by atoms with van der Waals surface area (Å²) in [4.78, 5) is 5.05. The molecule has 1 aromatic heterocycles. The van der Waals surface area contributed by atoms with E-state index >= 15 is 4.57 Å². The second-order valence-corrected chi connectivity index (χ2v) is 12.6. The van der Waals surface area contributed by atoms with Crippen LogP contribution in [0.25, 0.3) is 54.8 Å². The second-order valence-electron chi connectivity index (χ2n) is 9.88. The molecule has 1 aliphatic rings. The van der Waals surface area contributed by atoms with E-state index in [2.05, 4.69) is 84.9 Å². The largest absolute Gasteiger partial charge is 0.309 e. The molecule has 0 amide bonds. The molecule has 0 bridgehead atoms. The van der Waals surface area contributed by atoms with Crippen molar-refractivity contribution in [3.63, 3.8) is 0 Å². The average molecular weight is 504 g/mol. The van der Waals surface area contributed by atoms with Gasteiger partial charge in [-0.1, -0.05) is 121 Å².